The Kier molecular flexibility index (Phi) is 4.65. The third-order valence-corrected chi connectivity index (χ3v) is 5.15. The Morgan fingerprint density at radius 2 is 1.79 bits per heavy atom. The third kappa shape index (κ3) is 3.30. The Balaban J connectivity index is 3.09. The summed E-state index contributed by atoms with van der Waals surface area (Å²) < 4.78 is 25.8. The lowest BCUT2D eigenvalue weighted by atomic mass is 10.0. The summed E-state index contributed by atoms with van der Waals surface area (Å²) in [6.45, 7) is 5.40. The van der Waals surface area contributed by atoms with Crippen LogP contribution < -0.4 is 4.72 Å². The molecular weight excluding hydrogens is 268 g/mol. The summed E-state index contributed by atoms with van der Waals surface area (Å²) in [6, 6.07) is 5.57. The number of nitro benzene ring substituents is 1. The van der Waals surface area contributed by atoms with Gasteiger partial charge in [0.05, 0.1) is 4.92 Å². The van der Waals surface area contributed by atoms with Crippen LogP contribution in [0, 0.1) is 10.1 Å². The van der Waals surface area contributed by atoms with Crippen molar-refractivity contribution in [1.29, 1.82) is 0 Å². The molecular formula is C12H18N2O4S. The molecule has 1 rings (SSSR count). The molecule has 0 amide bonds. The zero-order valence-electron chi connectivity index (χ0n) is 11.2. The highest BCUT2D eigenvalue weighted by Gasteiger charge is 2.35. The number of non-ortho nitro benzene ring substituents is 1. The Labute approximate surface area is 113 Å². The smallest absolute Gasteiger partial charge is 0.258 e. The summed E-state index contributed by atoms with van der Waals surface area (Å²) in [5.41, 5.74) is 0.458. The molecule has 0 saturated carbocycles. The van der Waals surface area contributed by atoms with Gasteiger partial charge in [-0.05, 0) is 25.8 Å². The molecule has 6 nitrogen and oxygen atoms in total. The van der Waals surface area contributed by atoms with Gasteiger partial charge in [0.1, 0.15) is 4.75 Å². The van der Waals surface area contributed by atoms with Gasteiger partial charge >= 0.3 is 0 Å². The molecule has 19 heavy (non-hydrogen) atoms. The van der Waals surface area contributed by atoms with Crippen molar-refractivity contribution in [2.24, 2.45) is 0 Å². The van der Waals surface area contributed by atoms with Crippen LogP contribution in [0.25, 0.3) is 0 Å². The zero-order valence-corrected chi connectivity index (χ0v) is 12.0. The first-order valence-corrected chi connectivity index (χ1v) is 7.45. The number of sulfonamides is 1. The second-order valence-corrected chi connectivity index (χ2v) is 7.03. The lowest BCUT2D eigenvalue weighted by Gasteiger charge is -2.25. The second kappa shape index (κ2) is 5.66. The van der Waals surface area contributed by atoms with Crippen LogP contribution in [0.4, 0.5) is 5.69 Å². The van der Waals surface area contributed by atoms with Crippen molar-refractivity contribution < 1.29 is 13.3 Å². The fourth-order valence-electron chi connectivity index (χ4n) is 1.56. The Morgan fingerprint density at radius 3 is 2.21 bits per heavy atom. The fraction of sp³-hybridized carbons (Fsp3) is 0.500. The topological polar surface area (TPSA) is 89.3 Å². The first-order chi connectivity index (χ1) is 8.72. The molecule has 0 aromatic heterocycles. The molecule has 7 heteroatoms. The van der Waals surface area contributed by atoms with E-state index >= 15 is 0 Å². The molecule has 0 aliphatic heterocycles. The molecule has 0 aliphatic carbocycles. The van der Waals surface area contributed by atoms with Gasteiger partial charge in [0, 0.05) is 18.7 Å². The molecule has 0 aliphatic rings. The lowest BCUT2D eigenvalue weighted by molar-refractivity contribution is -0.384. The van der Waals surface area contributed by atoms with Gasteiger partial charge in [0.2, 0.25) is 10.0 Å². The average molecular weight is 286 g/mol. The van der Waals surface area contributed by atoms with E-state index in [4.69, 9.17) is 0 Å². The van der Waals surface area contributed by atoms with Crippen LogP contribution in [0.2, 0.25) is 0 Å². The molecule has 0 heterocycles. The fourth-order valence-corrected chi connectivity index (χ4v) is 2.84. The van der Waals surface area contributed by atoms with E-state index < -0.39 is 19.7 Å². The van der Waals surface area contributed by atoms with Crippen LogP contribution in [0.5, 0.6) is 0 Å². The van der Waals surface area contributed by atoms with E-state index in [2.05, 4.69) is 4.72 Å². The van der Waals surface area contributed by atoms with Crippen LogP contribution in [0.3, 0.4) is 0 Å². The largest absolute Gasteiger partial charge is 0.269 e. The summed E-state index contributed by atoms with van der Waals surface area (Å²) in [6.07, 6.45) is 0.704. The third-order valence-electron chi connectivity index (χ3n) is 2.99. The van der Waals surface area contributed by atoms with Crippen LogP contribution in [-0.4, -0.2) is 19.9 Å². The van der Waals surface area contributed by atoms with Crippen LogP contribution >= 0.6 is 0 Å². The first-order valence-electron chi connectivity index (χ1n) is 5.96. The minimum atomic E-state index is -3.53. The number of nitrogens with zero attached hydrogens (tertiary/aromatic N) is 1. The van der Waals surface area contributed by atoms with E-state index in [9.17, 15) is 18.5 Å². The van der Waals surface area contributed by atoms with Crippen molar-refractivity contribution >= 4 is 15.7 Å². The number of benzene rings is 1. The average Bonchev–Trinajstić information content (AvgIpc) is 2.36. The highest BCUT2D eigenvalue weighted by atomic mass is 32.2. The summed E-state index contributed by atoms with van der Waals surface area (Å²) in [5, 5.41) is 10.6. The van der Waals surface area contributed by atoms with E-state index in [1.807, 2.05) is 6.92 Å². The normalized spacial score (nSPS) is 12.4. The highest BCUT2D eigenvalue weighted by Crippen LogP contribution is 2.29. The number of rotatable bonds is 6. The predicted molar refractivity (Wildman–Crippen MR) is 73.3 cm³/mol. The van der Waals surface area contributed by atoms with Gasteiger partial charge in [0.15, 0.2) is 0 Å². The van der Waals surface area contributed by atoms with Gasteiger partial charge in [-0.2, -0.15) is 0 Å². The monoisotopic (exact) mass is 286 g/mol. The summed E-state index contributed by atoms with van der Waals surface area (Å²) in [4.78, 5) is 10.1. The summed E-state index contributed by atoms with van der Waals surface area (Å²) in [7, 11) is -3.53. The Morgan fingerprint density at radius 1 is 1.26 bits per heavy atom. The van der Waals surface area contributed by atoms with Crippen LogP contribution in [0.1, 0.15) is 32.8 Å². The van der Waals surface area contributed by atoms with E-state index in [1.165, 1.54) is 24.3 Å². The molecule has 1 aromatic carbocycles. The van der Waals surface area contributed by atoms with E-state index in [1.54, 1.807) is 13.8 Å². The predicted octanol–water partition coefficient (Wildman–Crippen LogP) is 2.16. The van der Waals surface area contributed by atoms with Gasteiger partial charge in [-0.1, -0.05) is 19.1 Å². The van der Waals surface area contributed by atoms with Crippen molar-refractivity contribution in [1.82, 2.24) is 4.72 Å². The van der Waals surface area contributed by atoms with E-state index in [0.717, 1.165) is 0 Å². The molecule has 0 fully saturated rings. The van der Waals surface area contributed by atoms with Gasteiger partial charge in [-0.25, -0.2) is 13.1 Å². The van der Waals surface area contributed by atoms with Gasteiger partial charge < -0.3 is 0 Å². The van der Waals surface area contributed by atoms with Crippen molar-refractivity contribution in [3.05, 3.63) is 39.9 Å². The summed E-state index contributed by atoms with van der Waals surface area (Å²) >= 11 is 0. The van der Waals surface area contributed by atoms with Crippen molar-refractivity contribution in [3.63, 3.8) is 0 Å². The van der Waals surface area contributed by atoms with E-state index in [-0.39, 0.29) is 5.69 Å². The number of hydrogen-bond acceptors (Lipinski definition) is 4. The van der Waals surface area contributed by atoms with Crippen molar-refractivity contribution in [2.75, 3.05) is 6.54 Å². The Hall–Kier alpha value is -1.47. The maximum Gasteiger partial charge on any atom is 0.269 e. The quantitative estimate of drug-likeness (QED) is 0.641. The van der Waals surface area contributed by atoms with Gasteiger partial charge in [-0.15, -0.1) is 0 Å². The second-order valence-electron chi connectivity index (χ2n) is 4.71. The van der Waals surface area contributed by atoms with Gasteiger partial charge in [-0.3, -0.25) is 10.1 Å². The maximum atomic E-state index is 12.2. The van der Waals surface area contributed by atoms with Crippen LogP contribution in [-0.2, 0) is 14.8 Å². The molecule has 106 valence electrons. The van der Waals surface area contributed by atoms with Crippen molar-refractivity contribution in [3.8, 4) is 0 Å². The molecule has 0 bridgehead atoms. The molecule has 0 saturated heterocycles. The summed E-state index contributed by atoms with van der Waals surface area (Å²) in [5.74, 6) is 0. The van der Waals surface area contributed by atoms with Crippen molar-refractivity contribution in [2.45, 2.75) is 31.9 Å². The molecule has 1 aromatic rings. The lowest BCUT2D eigenvalue weighted by Crippen LogP contribution is -2.39. The van der Waals surface area contributed by atoms with Gasteiger partial charge in [0.25, 0.3) is 5.69 Å². The standard InChI is InChI=1S/C12H18N2O4S/c1-4-9-13-19(17,18)12(2,3)10-5-7-11(8-6-10)14(15)16/h5-8,13H,4,9H2,1-3H3. The minimum Gasteiger partial charge on any atom is -0.258 e. The molecule has 0 atom stereocenters. The molecule has 0 unspecified atom stereocenters. The van der Waals surface area contributed by atoms with Crippen LogP contribution in [0.15, 0.2) is 24.3 Å². The molecule has 1 N–H and O–H groups in total. The maximum absolute atomic E-state index is 12.2. The van der Waals surface area contributed by atoms with E-state index in [0.29, 0.717) is 18.5 Å². The zero-order chi connectivity index (χ0) is 14.7. The first kappa shape index (κ1) is 15.6. The Bertz CT molecular complexity index is 550. The number of nitro groups is 1. The number of hydrogen-bond donors (Lipinski definition) is 1. The SMILES string of the molecule is CCCNS(=O)(=O)C(C)(C)c1ccc([N+](=O)[O-])cc1. The molecule has 0 spiro atoms. The highest BCUT2D eigenvalue weighted by molar-refractivity contribution is 7.90. The molecule has 0 radical (unpaired) electrons. The number of nitrogens with one attached hydrogen (secondary N) is 1. The minimum absolute atomic E-state index is 0.0570.